The molecule has 0 saturated heterocycles. The standard InChI is InChI=1S/C14H15F3N4/c15-14(16,17)12-3-1-2-4-13(12)21-9-11(19-20-21)8-18-7-10-5-6-10/h1-4,9-10,18H,5-8H2. The van der Waals surface area contributed by atoms with Crippen LogP contribution in [0.2, 0.25) is 0 Å². The number of nitrogens with one attached hydrogen (secondary N) is 1. The summed E-state index contributed by atoms with van der Waals surface area (Å²) >= 11 is 0. The first-order chi connectivity index (χ1) is 10.0. The predicted octanol–water partition coefficient (Wildman–Crippen LogP) is 2.79. The highest BCUT2D eigenvalue weighted by Crippen LogP contribution is 2.33. The first kappa shape index (κ1) is 14.1. The molecule has 1 aliphatic rings. The van der Waals surface area contributed by atoms with Crippen LogP contribution in [0.5, 0.6) is 0 Å². The quantitative estimate of drug-likeness (QED) is 0.922. The highest BCUT2D eigenvalue weighted by Gasteiger charge is 2.34. The van der Waals surface area contributed by atoms with Gasteiger partial charge in [0.15, 0.2) is 0 Å². The van der Waals surface area contributed by atoms with Crippen molar-refractivity contribution in [1.29, 1.82) is 0 Å². The van der Waals surface area contributed by atoms with Crippen molar-refractivity contribution in [2.75, 3.05) is 6.54 Å². The van der Waals surface area contributed by atoms with E-state index in [9.17, 15) is 13.2 Å². The van der Waals surface area contributed by atoms with Crippen LogP contribution in [0.3, 0.4) is 0 Å². The minimum Gasteiger partial charge on any atom is -0.311 e. The molecule has 0 aliphatic heterocycles. The molecule has 3 rings (SSSR count). The van der Waals surface area contributed by atoms with Crippen molar-refractivity contribution in [3.63, 3.8) is 0 Å². The van der Waals surface area contributed by atoms with E-state index in [1.807, 2.05) is 0 Å². The topological polar surface area (TPSA) is 42.7 Å². The van der Waals surface area contributed by atoms with Crippen LogP contribution in [0, 0.1) is 5.92 Å². The summed E-state index contributed by atoms with van der Waals surface area (Å²) < 4.78 is 40.1. The Hall–Kier alpha value is -1.89. The van der Waals surface area contributed by atoms with E-state index < -0.39 is 11.7 Å². The lowest BCUT2D eigenvalue weighted by Crippen LogP contribution is -2.16. The smallest absolute Gasteiger partial charge is 0.311 e. The summed E-state index contributed by atoms with van der Waals surface area (Å²) in [6, 6.07) is 5.35. The molecule has 112 valence electrons. The van der Waals surface area contributed by atoms with Crippen LogP contribution < -0.4 is 5.32 Å². The van der Waals surface area contributed by atoms with E-state index in [4.69, 9.17) is 0 Å². The van der Waals surface area contributed by atoms with Crippen LogP contribution in [-0.2, 0) is 12.7 Å². The number of halogens is 3. The maximum atomic E-state index is 13.0. The van der Waals surface area contributed by atoms with Crippen LogP contribution in [0.25, 0.3) is 5.69 Å². The van der Waals surface area contributed by atoms with Gasteiger partial charge in [-0.15, -0.1) is 5.10 Å². The number of aromatic nitrogens is 3. The van der Waals surface area contributed by atoms with E-state index in [1.165, 1.54) is 35.9 Å². The average Bonchev–Trinajstić information content (AvgIpc) is 3.14. The normalized spacial score (nSPS) is 15.4. The number of hydrogen-bond donors (Lipinski definition) is 1. The van der Waals surface area contributed by atoms with Crippen molar-refractivity contribution in [3.05, 3.63) is 41.7 Å². The fourth-order valence-electron chi connectivity index (χ4n) is 2.14. The Kier molecular flexibility index (Phi) is 3.67. The molecule has 1 aromatic carbocycles. The van der Waals surface area contributed by atoms with E-state index in [0.717, 1.165) is 18.5 Å². The Morgan fingerprint density at radius 1 is 1.24 bits per heavy atom. The maximum Gasteiger partial charge on any atom is 0.418 e. The third kappa shape index (κ3) is 3.41. The minimum atomic E-state index is -4.41. The van der Waals surface area contributed by atoms with E-state index in [0.29, 0.717) is 12.2 Å². The first-order valence-corrected chi connectivity index (χ1v) is 6.82. The fourth-order valence-corrected chi connectivity index (χ4v) is 2.14. The lowest BCUT2D eigenvalue weighted by molar-refractivity contribution is -0.137. The molecule has 1 saturated carbocycles. The molecule has 1 aliphatic carbocycles. The van der Waals surface area contributed by atoms with Gasteiger partial charge in [0.25, 0.3) is 0 Å². The highest BCUT2D eigenvalue weighted by molar-refractivity contribution is 5.42. The Morgan fingerprint density at radius 2 is 2.00 bits per heavy atom. The summed E-state index contributed by atoms with van der Waals surface area (Å²) in [7, 11) is 0. The monoisotopic (exact) mass is 296 g/mol. The van der Waals surface area contributed by atoms with Gasteiger partial charge in [0.1, 0.15) is 0 Å². The third-order valence-electron chi connectivity index (χ3n) is 3.43. The second-order valence-electron chi connectivity index (χ2n) is 5.24. The lowest BCUT2D eigenvalue weighted by Gasteiger charge is -2.11. The lowest BCUT2D eigenvalue weighted by atomic mass is 10.1. The van der Waals surface area contributed by atoms with Gasteiger partial charge in [-0.25, -0.2) is 4.68 Å². The summed E-state index contributed by atoms with van der Waals surface area (Å²) in [4.78, 5) is 0. The second kappa shape index (κ2) is 5.48. The van der Waals surface area contributed by atoms with Crippen molar-refractivity contribution in [2.45, 2.75) is 25.6 Å². The second-order valence-corrected chi connectivity index (χ2v) is 5.24. The molecule has 21 heavy (non-hydrogen) atoms. The van der Waals surface area contributed by atoms with Crippen molar-refractivity contribution < 1.29 is 13.2 Å². The van der Waals surface area contributed by atoms with Gasteiger partial charge < -0.3 is 5.32 Å². The number of rotatable bonds is 5. The molecule has 0 bridgehead atoms. The van der Waals surface area contributed by atoms with Crippen molar-refractivity contribution in [2.24, 2.45) is 5.92 Å². The molecule has 7 heteroatoms. The van der Waals surface area contributed by atoms with Gasteiger partial charge in [0, 0.05) is 6.54 Å². The van der Waals surface area contributed by atoms with Gasteiger partial charge in [-0.1, -0.05) is 17.3 Å². The molecule has 2 aromatic rings. The number of hydrogen-bond acceptors (Lipinski definition) is 3. The summed E-state index contributed by atoms with van der Waals surface area (Å²) in [6.45, 7) is 1.44. The van der Waals surface area contributed by atoms with Crippen LogP contribution in [-0.4, -0.2) is 21.5 Å². The van der Waals surface area contributed by atoms with Crippen molar-refractivity contribution in [1.82, 2.24) is 20.3 Å². The van der Waals surface area contributed by atoms with Gasteiger partial charge in [-0.3, -0.25) is 0 Å². The summed E-state index contributed by atoms with van der Waals surface area (Å²) in [5, 5.41) is 11.0. The molecule has 0 amide bonds. The Bertz CT molecular complexity index is 617. The fraction of sp³-hybridized carbons (Fsp3) is 0.429. The molecular weight excluding hydrogens is 281 g/mol. The molecule has 0 radical (unpaired) electrons. The number of alkyl halides is 3. The third-order valence-corrected chi connectivity index (χ3v) is 3.43. The van der Waals surface area contributed by atoms with Crippen LogP contribution >= 0.6 is 0 Å². The molecule has 1 aromatic heterocycles. The minimum absolute atomic E-state index is 0.00839. The van der Waals surface area contributed by atoms with Gasteiger partial charge >= 0.3 is 6.18 Å². The van der Waals surface area contributed by atoms with Crippen molar-refractivity contribution in [3.8, 4) is 5.69 Å². The van der Waals surface area contributed by atoms with E-state index in [2.05, 4.69) is 15.6 Å². The molecule has 0 atom stereocenters. The molecule has 0 unspecified atom stereocenters. The number of nitrogens with zero attached hydrogens (tertiary/aromatic N) is 3. The molecule has 1 fully saturated rings. The predicted molar refractivity (Wildman–Crippen MR) is 70.8 cm³/mol. The van der Waals surface area contributed by atoms with Gasteiger partial charge in [0.05, 0.1) is 23.1 Å². The summed E-state index contributed by atoms with van der Waals surface area (Å²) in [6.07, 6.45) is -0.380. The zero-order chi connectivity index (χ0) is 14.9. The van der Waals surface area contributed by atoms with Crippen LogP contribution in [0.1, 0.15) is 24.1 Å². The Morgan fingerprint density at radius 3 is 2.71 bits per heavy atom. The SMILES string of the molecule is FC(F)(F)c1ccccc1-n1cc(CNCC2CC2)nn1. The number of para-hydroxylation sites is 1. The molecule has 4 nitrogen and oxygen atoms in total. The Balaban J connectivity index is 1.76. The summed E-state index contributed by atoms with van der Waals surface area (Å²) in [5.41, 5.74) is -0.0917. The van der Waals surface area contributed by atoms with Crippen LogP contribution in [0.15, 0.2) is 30.5 Å². The summed E-state index contributed by atoms with van der Waals surface area (Å²) in [5.74, 6) is 0.742. The molecule has 0 spiro atoms. The highest BCUT2D eigenvalue weighted by atomic mass is 19.4. The Labute approximate surface area is 120 Å². The first-order valence-electron chi connectivity index (χ1n) is 6.82. The van der Waals surface area contributed by atoms with Gasteiger partial charge in [0.2, 0.25) is 0 Å². The van der Waals surface area contributed by atoms with E-state index in [-0.39, 0.29) is 5.69 Å². The zero-order valence-electron chi connectivity index (χ0n) is 11.3. The largest absolute Gasteiger partial charge is 0.418 e. The van der Waals surface area contributed by atoms with Crippen LogP contribution in [0.4, 0.5) is 13.2 Å². The maximum absolute atomic E-state index is 13.0. The number of benzene rings is 1. The van der Waals surface area contributed by atoms with Gasteiger partial charge in [-0.05, 0) is 37.4 Å². The van der Waals surface area contributed by atoms with Crippen molar-refractivity contribution >= 4 is 0 Å². The van der Waals surface area contributed by atoms with Gasteiger partial charge in [-0.2, -0.15) is 13.2 Å². The molecule has 1 heterocycles. The zero-order valence-corrected chi connectivity index (χ0v) is 11.3. The van der Waals surface area contributed by atoms with E-state index >= 15 is 0 Å². The molecular formula is C14H15F3N4. The molecule has 1 N–H and O–H groups in total. The van der Waals surface area contributed by atoms with E-state index in [1.54, 1.807) is 6.07 Å². The average molecular weight is 296 g/mol.